The lowest BCUT2D eigenvalue weighted by molar-refractivity contribution is 0.0160. The summed E-state index contributed by atoms with van der Waals surface area (Å²) in [5.41, 5.74) is 3.71. The maximum absolute atomic E-state index is 13.6. The van der Waals surface area contributed by atoms with E-state index in [9.17, 15) is 19.5 Å². The number of carbonyl (C=O) groups excluding carboxylic acids is 2. The molecule has 2 saturated heterocycles. The number of aryl methyl sites for hydroxylation is 1. The minimum Gasteiger partial charge on any atom is -0.478 e. The number of piperazine rings is 1. The molecule has 5 rings (SSSR count). The van der Waals surface area contributed by atoms with Gasteiger partial charge in [0.25, 0.3) is 11.8 Å². The molecule has 1 aromatic carbocycles. The van der Waals surface area contributed by atoms with Crippen molar-refractivity contribution in [3.05, 3.63) is 51.8 Å². The number of benzene rings is 1. The third-order valence-electron chi connectivity index (χ3n) is 8.90. The van der Waals surface area contributed by atoms with E-state index in [1.807, 2.05) is 18.9 Å². The predicted octanol–water partition coefficient (Wildman–Crippen LogP) is 2.49. The van der Waals surface area contributed by atoms with Crippen LogP contribution in [0.5, 0.6) is 0 Å². The molecule has 10 nitrogen and oxygen atoms in total. The maximum atomic E-state index is 13.6. The Morgan fingerprint density at radius 3 is 2.50 bits per heavy atom. The van der Waals surface area contributed by atoms with Crippen molar-refractivity contribution < 1.29 is 24.2 Å². The van der Waals surface area contributed by atoms with E-state index in [1.54, 1.807) is 22.9 Å². The second kappa shape index (κ2) is 11.7. The molecule has 1 atom stereocenters. The number of hydrogen-bond acceptors (Lipinski definition) is 6. The van der Waals surface area contributed by atoms with Gasteiger partial charge >= 0.3 is 5.97 Å². The predicted molar refractivity (Wildman–Crippen MR) is 150 cm³/mol. The molecule has 4 heterocycles. The molecule has 40 heavy (non-hydrogen) atoms. The molecular formula is C30H41N5O5. The number of nitrogens with one attached hydrogen (secondary N) is 1. The van der Waals surface area contributed by atoms with Crippen LogP contribution in [0.4, 0.5) is 0 Å². The number of aromatic nitrogens is 2. The Balaban J connectivity index is 1.43. The zero-order valence-electron chi connectivity index (χ0n) is 23.9. The zero-order chi connectivity index (χ0) is 28.4. The Bertz CT molecular complexity index is 1270. The van der Waals surface area contributed by atoms with Crippen LogP contribution in [0.3, 0.4) is 0 Å². The van der Waals surface area contributed by atoms with Gasteiger partial charge in [0.15, 0.2) is 0 Å². The summed E-state index contributed by atoms with van der Waals surface area (Å²) in [6.07, 6.45) is 3.57. The van der Waals surface area contributed by atoms with Gasteiger partial charge in [-0.25, -0.2) is 4.79 Å². The summed E-state index contributed by atoms with van der Waals surface area (Å²) >= 11 is 0. The molecule has 2 amide bonds. The minimum absolute atomic E-state index is 0.000740. The van der Waals surface area contributed by atoms with Crippen LogP contribution in [0, 0.1) is 11.3 Å². The van der Waals surface area contributed by atoms with Crippen LogP contribution < -0.4 is 5.32 Å². The Kier molecular flexibility index (Phi) is 8.28. The van der Waals surface area contributed by atoms with Crippen LogP contribution in [0.15, 0.2) is 18.2 Å². The number of carboxylic acids is 1. The van der Waals surface area contributed by atoms with Crippen LogP contribution in [0.1, 0.15) is 74.7 Å². The van der Waals surface area contributed by atoms with Gasteiger partial charge in [-0.15, -0.1) is 0 Å². The van der Waals surface area contributed by atoms with E-state index in [2.05, 4.69) is 17.1 Å². The zero-order valence-corrected chi connectivity index (χ0v) is 23.9. The number of nitrogens with zero attached hydrogens (tertiary/aromatic N) is 4. The standard InChI is InChI=1S/C30H41N5O5/c1-4-35-26-24(18-30(19-31-27(26)36)8-14-40-15-9-30)25(32-35)17-20(2)16-23-21(6-5-7-22(23)29(38)39)28(37)34-12-10-33(3)11-13-34/h5-7,20H,4,8-19H2,1-3H3,(H,31,36)(H,38,39)/t20-/m1/s1. The summed E-state index contributed by atoms with van der Waals surface area (Å²) in [6.45, 7) is 9.49. The van der Waals surface area contributed by atoms with Gasteiger partial charge in [-0.3, -0.25) is 14.3 Å². The Labute approximate surface area is 235 Å². The lowest BCUT2D eigenvalue weighted by Crippen LogP contribution is -2.47. The number of fused-ring (bicyclic) bond motifs is 1. The van der Waals surface area contributed by atoms with Gasteiger partial charge in [0, 0.05) is 63.6 Å². The number of aromatic carboxylic acids is 1. The number of rotatable bonds is 7. The normalized spacial score (nSPS) is 20.1. The first-order chi connectivity index (χ1) is 19.2. The van der Waals surface area contributed by atoms with Crippen molar-refractivity contribution in [1.82, 2.24) is 24.9 Å². The van der Waals surface area contributed by atoms with Gasteiger partial charge in [0.05, 0.1) is 11.3 Å². The highest BCUT2D eigenvalue weighted by molar-refractivity contribution is 6.00. The number of carbonyl (C=O) groups is 3. The first-order valence-corrected chi connectivity index (χ1v) is 14.5. The van der Waals surface area contributed by atoms with Crippen LogP contribution in [0.2, 0.25) is 0 Å². The monoisotopic (exact) mass is 551 g/mol. The highest BCUT2D eigenvalue weighted by atomic mass is 16.5. The number of amides is 2. The van der Waals surface area contributed by atoms with E-state index in [4.69, 9.17) is 9.84 Å². The second-order valence-electron chi connectivity index (χ2n) is 11.8. The summed E-state index contributed by atoms with van der Waals surface area (Å²) in [7, 11) is 2.04. The highest BCUT2D eigenvalue weighted by Crippen LogP contribution is 2.38. The fourth-order valence-electron chi connectivity index (χ4n) is 6.47. The van der Waals surface area contributed by atoms with E-state index >= 15 is 0 Å². The Morgan fingerprint density at radius 1 is 1.12 bits per heavy atom. The van der Waals surface area contributed by atoms with Gasteiger partial charge < -0.3 is 25.0 Å². The molecule has 0 unspecified atom stereocenters. The first-order valence-electron chi connectivity index (χ1n) is 14.5. The molecule has 2 aromatic rings. The van der Waals surface area contributed by atoms with Crippen LogP contribution in [0.25, 0.3) is 0 Å². The SMILES string of the molecule is CCn1nc(C[C@H](C)Cc2c(C(=O)O)cccc2C(=O)N2CCN(C)CC2)c2c1C(=O)NCC1(CCOCC1)C2. The third-order valence-corrected chi connectivity index (χ3v) is 8.90. The van der Waals surface area contributed by atoms with E-state index in [0.717, 1.165) is 43.6 Å². The maximum Gasteiger partial charge on any atom is 0.335 e. The average Bonchev–Trinajstić information content (AvgIpc) is 3.21. The summed E-state index contributed by atoms with van der Waals surface area (Å²) in [5.74, 6) is -1.22. The molecule has 0 radical (unpaired) electrons. The molecular weight excluding hydrogens is 510 g/mol. The molecule has 3 aliphatic rings. The van der Waals surface area contributed by atoms with Crippen molar-refractivity contribution in [3.8, 4) is 0 Å². The Hall–Kier alpha value is -3.24. The second-order valence-corrected chi connectivity index (χ2v) is 11.8. The van der Waals surface area contributed by atoms with Gasteiger partial charge in [-0.1, -0.05) is 13.0 Å². The van der Waals surface area contributed by atoms with Gasteiger partial charge in [-0.2, -0.15) is 5.10 Å². The quantitative estimate of drug-likeness (QED) is 0.543. The van der Waals surface area contributed by atoms with Crippen molar-refractivity contribution in [3.63, 3.8) is 0 Å². The van der Waals surface area contributed by atoms with Crippen molar-refractivity contribution >= 4 is 17.8 Å². The van der Waals surface area contributed by atoms with Gasteiger partial charge in [0.2, 0.25) is 0 Å². The topological polar surface area (TPSA) is 117 Å². The van der Waals surface area contributed by atoms with Gasteiger partial charge in [-0.05, 0) is 75.1 Å². The van der Waals surface area contributed by atoms with E-state index in [0.29, 0.717) is 69.1 Å². The molecule has 3 aliphatic heterocycles. The molecule has 216 valence electrons. The summed E-state index contributed by atoms with van der Waals surface area (Å²) < 4.78 is 7.44. The van der Waals surface area contributed by atoms with E-state index in [-0.39, 0.29) is 28.7 Å². The molecule has 0 bridgehead atoms. The van der Waals surface area contributed by atoms with Crippen LogP contribution in [-0.4, -0.2) is 95.5 Å². The van der Waals surface area contributed by atoms with Crippen LogP contribution >= 0.6 is 0 Å². The van der Waals surface area contributed by atoms with Crippen molar-refractivity contribution in [2.75, 3.05) is 53.0 Å². The minimum atomic E-state index is -1.03. The number of hydrogen-bond donors (Lipinski definition) is 2. The van der Waals surface area contributed by atoms with Crippen LogP contribution in [-0.2, 0) is 30.5 Å². The highest BCUT2D eigenvalue weighted by Gasteiger charge is 2.40. The van der Waals surface area contributed by atoms with E-state index in [1.165, 1.54) is 0 Å². The van der Waals surface area contributed by atoms with E-state index < -0.39 is 5.97 Å². The molecule has 0 aliphatic carbocycles. The molecule has 2 N–H and O–H groups in total. The summed E-state index contributed by atoms with van der Waals surface area (Å²) in [5, 5.41) is 18.0. The lowest BCUT2D eigenvalue weighted by atomic mass is 9.75. The van der Waals surface area contributed by atoms with Crippen molar-refractivity contribution in [2.24, 2.45) is 11.3 Å². The summed E-state index contributed by atoms with van der Waals surface area (Å²) in [4.78, 5) is 43.0. The number of likely N-dealkylation sites (N-methyl/N-ethyl adjacent to an activating group) is 1. The summed E-state index contributed by atoms with van der Waals surface area (Å²) in [6, 6.07) is 5.00. The third kappa shape index (κ3) is 5.65. The molecule has 10 heteroatoms. The van der Waals surface area contributed by atoms with Crippen molar-refractivity contribution in [2.45, 2.75) is 52.5 Å². The molecule has 1 spiro atoms. The number of carboxylic acid groups (broad SMARTS) is 1. The fraction of sp³-hybridized carbons (Fsp3) is 0.600. The Morgan fingerprint density at radius 2 is 1.82 bits per heavy atom. The molecule has 2 fully saturated rings. The lowest BCUT2D eigenvalue weighted by Gasteiger charge is -2.36. The van der Waals surface area contributed by atoms with Crippen molar-refractivity contribution in [1.29, 1.82) is 0 Å². The number of ether oxygens (including phenoxy) is 1. The first kappa shape index (κ1) is 28.3. The van der Waals surface area contributed by atoms with Gasteiger partial charge in [0.1, 0.15) is 5.69 Å². The smallest absolute Gasteiger partial charge is 0.335 e. The molecule has 0 saturated carbocycles. The molecule has 1 aromatic heterocycles. The fourth-order valence-corrected chi connectivity index (χ4v) is 6.47. The largest absolute Gasteiger partial charge is 0.478 e. The average molecular weight is 552 g/mol.